The second-order valence-corrected chi connectivity index (χ2v) is 10.4. The molecule has 5 nitrogen and oxygen atoms in total. The van der Waals surface area contributed by atoms with Gasteiger partial charge in [0.15, 0.2) is 12.1 Å². The van der Waals surface area contributed by atoms with Crippen LogP contribution in [0.4, 0.5) is 0 Å². The van der Waals surface area contributed by atoms with Crippen molar-refractivity contribution >= 4 is 12.1 Å². The van der Waals surface area contributed by atoms with E-state index in [4.69, 9.17) is 4.74 Å². The van der Waals surface area contributed by atoms with Gasteiger partial charge in [0.05, 0.1) is 5.56 Å². The maximum atomic E-state index is 12.7. The number of aldehydes is 1. The van der Waals surface area contributed by atoms with Gasteiger partial charge >= 0.3 is 0 Å². The summed E-state index contributed by atoms with van der Waals surface area (Å²) in [7, 11) is 0. The van der Waals surface area contributed by atoms with Gasteiger partial charge in [-0.05, 0) is 36.5 Å². The van der Waals surface area contributed by atoms with Crippen LogP contribution in [0, 0.1) is 28.6 Å². The summed E-state index contributed by atoms with van der Waals surface area (Å²) < 4.78 is 6.36. The summed E-state index contributed by atoms with van der Waals surface area (Å²) in [4.78, 5) is 24.5. The van der Waals surface area contributed by atoms with Crippen molar-refractivity contribution < 1.29 is 24.5 Å². The predicted octanol–water partition coefficient (Wildman–Crippen LogP) is 4.51. The minimum absolute atomic E-state index is 0.0128. The number of ether oxygens (including phenoxy) is 1. The lowest BCUT2D eigenvalue weighted by Crippen LogP contribution is -2.65. The first-order valence-corrected chi connectivity index (χ1v) is 10.3. The Morgan fingerprint density at radius 2 is 1.93 bits per heavy atom. The smallest absolute Gasteiger partial charge is 0.170 e. The van der Waals surface area contributed by atoms with E-state index in [1.807, 2.05) is 13.8 Å². The number of carbonyl (C=O) groups excluding carboxylic acids is 2. The summed E-state index contributed by atoms with van der Waals surface area (Å²) in [6.45, 7) is 10.5. The predicted molar refractivity (Wildman–Crippen MR) is 105 cm³/mol. The summed E-state index contributed by atoms with van der Waals surface area (Å²) in [6.07, 6.45) is 3.33. The topological polar surface area (TPSA) is 83.8 Å². The van der Waals surface area contributed by atoms with Gasteiger partial charge in [0.1, 0.15) is 28.9 Å². The zero-order chi connectivity index (χ0) is 20.6. The van der Waals surface area contributed by atoms with Gasteiger partial charge in [0.2, 0.25) is 0 Å². The Labute approximate surface area is 166 Å². The molecule has 0 unspecified atom stereocenters. The molecule has 0 spiro atoms. The molecule has 2 bridgehead atoms. The molecule has 3 saturated carbocycles. The maximum absolute atomic E-state index is 12.7. The van der Waals surface area contributed by atoms with E-state index in [2.05, 4.69) is 20.8 Å². The number of benzene rings is 1. The summed E-state index contributed by atoms with van der Waals surface area (Å²) in [5.41, 5.74) is 0.385. The van der Waals surface area contributed by atoms with E-state index in [-0.39, 0.29) is 57.7 Å². The number of rotatable bonds is 4. The fraction of sp³-hybridized carbons (Fsp3) is 0.652. The Hall–Kier alpha value is -2.04. The van der Waals surface area contributed by atoms with Gasteiger partial charge in [-0.2, -0.15) is 0 Å². The van der Waals surface area contributed by atoms with Crippen LogP contribution in [0.15, 0.2) is 0 Å². The van der Waals surface area contributed by atoms with Gasteiger partial charge in [-0.15, -0.1) is 0 Å². The van der Waals surface area contributed by atoms with Gasteiger partial charge in [-0.3, -0.25) is 9.59 Å². The molecular formula is C23H30O5. The van der Waals surface area contributed by atoms with Gasteiger partial charge in [-0.25, -0.2) is 0 Å². The minimum atomic E-state index is -0.456. The van der Waals surface area contributed by atoms with Crippen molar-refractivity contribution in [2.75, 3.05) is 0 Å². The van der Waals surface area contributed by atoms with Gasteiger partial charge in [0, 0.05) is 23.3 Å². The highest BCUT2D eigenvalue weighted by molar-refractivity contribution is 6.05. The van der Waals surface area contributed by atoms with Crippen molar-refractivity contribution in [2.45, 2.75) is 66.4 Å². The van der Waals surface area contributed by atoms with Crippen LogP contribution in [0.2, 0.25) is 0 Å². The Balaban J connectivity index is 1.84. The fourth-order valence-corrected chi connectivity index (χ4v) is 5.93. The minimum Gasteiger partial charge on any atom is -0.507 e. The second-order valence-electron chi connectivity index (χ2n) is 10.4. The monoisotopic (exact) mass is 386 g/mol. The molecule has 1 aliphatic heterocycles. The van der Waals surface area contributed by atoms with Crippen LogP contribution in [-0.2, 0) is 6.42 Å². The SMILES string of the molecule is CC(C)CC(=O)c1c(O)c(C=O)c2c(c1O)C[C@@]1(C)C[C@H]3C[C@@H]([C@H]1O2)C3(C)C. The van der Waals surface area contributed by atoms with E-state index in [0.717, 1.165) is 12.8 Å². The molecule has 1 aromatic rings. The number of carbonyl (C=O) groups is 2. The van der Waals surface area contributed by atoms with Crippen molar-refractivity contribution in [1.29, 1.82) is 0 Å². The van der Waals surface area contributed by atoms with Gasteiger partial charge in [0.25, 0.3) is 0 Å². The van der Waals surface area contributed by atoms with Crippen LogP contribution >= 0.6 is 0 Å². The van der Waals surface area contributed by atoms with Gasteiger partial charge < -0.3 is 14.9 Å². The standard InChI is InChI=1S/C23H30O5/c1-11(2)6-16(25)17-18(26)13-9-23(5)8-12-7-15(22(12,3)4)21(23)28-20(13)14(10-24)19(17)27/h10-12,15,21,26-27H,6-9H2,1-5H3/t12-,15+,21-,23-/m1/s1. The highest BCUT2D eigenvalue weighted by atomic mass is 16.5. The van der Waals surface area contributed by atoms with Gasteiger partial charge in [-0.1, -0.05) is 34.6 Å². The third kappa shape index (κ3) is 2.44. The van der Waals surface area contributed by atoms with Crippen molar-refractivity contribution in [3.8, 4) is 17.2 Å². The van der Waals surface area contributed by atoms with Crippen molar-refractivity contribution in [1.82, 2.24) is 0 Å². The first-order chi connectivity index (χ1) is 13.0. The quantitative estimate of drug-likeness (QED) is 0.587. The molecule has 3 fully saturated rings. The molecule has 3 aliphatic carbocycles. The molecular weight excluding hydrogens is 356 g/mol. The highest BCUT2D eigenvalue weighted by Crippen LogP contribution is 2.67. The molecule has 0 amide bonds. The lowest BCUT2D eigenvalue weighted by molar-refractivity contribution is -0.199. The van der Waals surface area contributed by atoms with Crippen LogP contribution < -0.4 is 4.74 Å². The van der Waals surface area contributed by atoms with Crippen LogP contribution in [-0.4, -0.2) is 28.4 Å². The molecule has 0 aromatic heterocycles. The summed E-state index contributed by atoms with van der Waals surface area (Å²) in [5, 5.41) is 21.6. The molecule has 5 heteroatoms. The zero-order valence-corrected chi connectivity index (χ0v) is 17.3. The van der Waals surface area contributed by atoms with Crippen molar-refractivity contribution in [3.63, 3.8) is 0 Å². The lowest BCUT2D eigenvalue weighted by Gasteiger charge is -2.66. The molecule has 0 saturated heterocycles. The Morgan fingerprint density at radius 3 is 2.50 bits per heavy atom. The summed E-state index contributed by atoms with van der Waals surface area (Å²) in [5.74, 6) is 0.313. The highest BCUT2D eigenvalue weighted by Gasteiger charge is 2.64. The molecule has 4 aliphatic rings. The Morgan fingerprint density at radius 1 is 1.25 bits per heavy atom. The zero-order valence-electron chi connectivity index (χ0n) is 17.3. The largest absolute Gasteiger partial charge is 0.507 e. The van der Waals surface area contributed by atoms with E-state index in [0.29, 0.717) is 30.1 Å². The number of hydrogen-bond donors (Lipinski definition) is 2. The Bertz CT molecular complexity index is 868. The van der Waals surface area contributed by atoms with Crippen molar-refractivity contribution in [2.24, 2.45) is 28.6 Å². The first-order valence-electron chi connectivity index (χ1n) is 10.3. The number of fused-ring (bicyclic) bond motifs is 1. The second kappa shape index (κ2) is 5.98. The lowest BCUT2D eigenvalue weighted by atomic mass is 9.41. The van der Waals surface area contributed by atoms with Crippen LogP contribution in [0.5, 0.6) is 17.2 Å². The van der Waals surface area contributed by atoms with Crippen LogP contribution in [0.3, 0.4) is 0 Å². The number of phenols is 2. The molecule has 1 heterocycles. The number of hydrogen-bond acceptors (Lipinski definition) is 5. The molecule has 4 atom stereocenters. The third-order valence-corrected chi connectivity index (χ3v) is 7.66. The normalized spacial score (nSPS) is 32.0. The molecule has 0 radical (unpaired) electrons. The van der Waals surface area contributed by atoms with E-state index in [9.17, 15) is 19.8 Å². The fourth-order valence-electron chi connectivity index (χ4n) is 5.93. The van der Waals surface area contributed by atoms with E-state index < -0.39 is 5.75 Å². The van der Waals surface area contributed by atoms with E-state index in [1.165, 1.54) is 0 Å². The molecule has 2 N–H and O–H groups in total. The number of phenolic OH excluding ortho intramolecular Hbond substituents is 2. The maximum Gasteiger partial charge on any atom is 0.170 e. The summed E-state index contributed by atoms with van der Waals surface area (Å²) in [6, 6.07) is 0. The Kier molecular flexibility index (Phi) is 4.12. The molecule has 28 heavy (non-hydrogen) atoms. The number of Topliss-reactive ketones (excluding diaryl/α,β-unsaturated/α-hetero) is 1. The van der Waals surface area contributed by atoms with Crippen LogP contribution in [0.25, 0.3) is 0 Å². The molecule has 5 rings (SSSR count). The molecule has 1 aromatic carbocycles. The van der Waals surface area contributed by atoms with E-state index in [1.54, 1.807) is 0 Å². The first kappa shape index (κ1) is 19.3. The molecule has 152 valence electrons. The third-order valence-electron chi connectivity index (χ3n) is 7.66. The average Bonchev–Trinajstić information content (AvgIpc) is 2.59. The van der Waals surface area contributed by atoms with Crippen molar-refractivity contribution in [3.05, 3.63) is 16.7 Å². The number of ketones is 1. The summed E-state index contributed by atoms with van der Waals surface area (Å²) >= 11 is 0. The van der Waals surface area contributed by atoms with Crippen LogP contribution in [0.1, 0.15) is 80.2 Å². The number of aromatic hydroxyl groups is 2. The average molecular weight is 386 g/mol. The van der Waals surface area contributed by atoms with E-state index >= 15 is 0 Å².